The summed E-state index contributed by atoms with van der Waals surface area (Å²) in [6.45, 7) is 1.53. The fourth-order valence-corrected chi connectivity index (χ4v) is 2.63. The average Bonchev–Trinajstić information content (AvgIpc) is 3.06. The molecule has 124 valence electrons. The van der Waals surface area contributed by atoms with E-state index >= 15 is 0 Å². The van der Waals surface area contributed by atoms with Gasteiger partial charge in [-0.15, -0.1) is 0 Å². The van der Waals surface area contributed by atoms with Crippen LogP contribution in [0, 0.1) is 0 Å². The van der Waals surface area contributed by atoms with Crippen LogP contribution in [-0.4, -0.2) is 52.3 Å². The van der Waals surface area contributed by atoms with Gasteiger partial charge in [-0.2, -0.15) is 5.10 Å². The van der Waals surface area contributed by atoms with E-state index in [9.17, 15) is 5.11 Å². The van der Waals surface area contributed by atoms with Gasteiger partial charge < -0.3 is 19.9 Å². The highest BCUT2D eigenvalue weighted by Crippen LogP contribution is 2.17. The van der Waals surface area contributed by atoms with Crippen LogP contribution in [0.25, 0.3) is 0 Å². The summed E-state index contributed by atoms with van der Waals surface area (Å²) in [5.41, 5.74) is 0. The number of fused-ring (bicyclic) bond motifs is 1. The number of aliphatic hydroxyl groups is 1. The molecule has 2 heterocycles. The number of aryl methyl sites for hydroxylation is 1. The topological polar surface area (TPSA) is 81.4 Å². The normalized spacial score (nSPS) is 18.3. The maximum absolute atomic E-state index is 10.1. The molecule has 1 aliphatic rings. The standard InChI is InChI=1S/C16H22N4O3/c1-22-14-3-5-15(6-4-14)23-10-13(21)8-17-12-2-7-16-18-11-19-20(16)9-12/h3-6,11-13,17,21H,2,7-10H2,1H3. The van der Waals surface area contributed by atoms with Gasteiger partial charge in [0, 0.05) is 19.0 Å². The van der Waals surface area contributed by atoms with Gasteiger partial charge in [0.05, 0.1) is 13.7 Å². The minimum absolute atomic E-state index is 0.251. The van der Waals surface area contributed by atoms with Crippen LogP contribution in [0.4, 0.5) is 0 Å². The molecule has 0 fully saturated rings. The number of aliphatic hydroxyl groups excluding tert-OH is 1. The van der Waals surface area contributed by atoms with Crippen LogP contribution in [-0.2, 0) is 13.0 Å². The Kier molecular flexibility index (Phi) is 5.09. The molecule has 2 atom stereocenters. The lowest BCUT2D eigenvalue weighted by Crippen LogP contribution is -2.42. The molecule has 0 radical (unpaired) electrons. The van der Waals surface area contributed by atoms with Crippen molar-refractivity contribution in [1.29, 1.82) is 0 Å². The lowest BCUT2D eigenvalue weighted by Gasteiger charge is -2.24. The first-order chi connectivity index (χ1) is 11.2. The number of benzene rings is 1. The summed E-state index contributed by atoms with van der Waals surface area (Å²) < 4.78 is 12.6. The van der Waals surface area contributed by atoms with Gasteiger partial charge in [0.2, 0.25) is 0 Å². The summed E-state index contributed by atoms with van der Waals surface area (Å²) in [5, 5.41) is 17.6. The zero-order valence-corrected chi connectivity index (χ0v) is 13.2. The van der Waals surface area contributed by atoms with E-state index in [1.807, 2.05) is 28.9 Å². The Bertz CT molecular complexity index is 614. The molecule has 0 bridgehead atoms. The molecule has 1 aromatic carbocycles. The fraction of sp³-hybridized carbons (Fsp3) is 0.500. The molecular formula is C16H22N4O3. The lowest BCUT2D eigenvalue weighted by molar-refractivity contribution is 0.101. The number of hydrogen-bond donors (Lipinski definition) is 2. The van der Waals surface area contributed by atoms with Crippen molar-refractivity contribution in [3.63, 3.8) is 0 Å². The van der Waals surface area contributed by atoms with E-state index in [0.29, 0.717) is 12.6 Å². The Hall–Kier alpha value is -2.12. The zero-order valence-electron chi connectivity index (χ0n) is 13.2. The molecule has 2 unspecified atom stereocenters. The number of ether oxygens (including phenoxy) is 2. The maximum atomic E-state index is 10.1. The van der Waals surface area contributed by atoms with Crippen LogP contribution in [0.3, 0.4) is 0 Å². The molecule has 3 rings (SSSR count). The van der Waals surface area contributed by atoms with Crippen LogP contribution >= 0.6 is 0 Å². The van der Waals surface area contributed by atoms with Crippen molar-refractivity contribution >= 4 is 0 Å². The fourth-order valence-electron chi connectivity index (χ4n) is 2.63. The Morgan fingerprint density at radius 1 is 1.35 bits per heavy atom. The summed E-state index contributed by atoms with van der Waals surface area (Å²) >= 11 is 0. The zero-order chi connectivity index (χ0) is 16.1. The molecule has 2 aromatic rings. The van der Waals surface area contributed by atoms with Gasteiger partial charge >= 0.3 is 0 Å². The molecule has 0 saturated heterocycles. The van der Waals surface area contributed by atoms with Crippen molar-refractivity contribution in [3.05, 3.63) is 36.4 Å². The lowest BCUT2D eigenvalue weighted by atomic mass is 10.1. The highest BCUT2D eigenvalue weighted by atomic mass is 16.5. The van der Waals surface area contributed by atoms with Crippen molar-refractivity contribution in [1.82, 2.24) is 20.1 Å². The van der Waals surface area contributed by atoms with Crippen molar-refractivity contribution in [3.8, 4) is 11.5 Å². The van der Waals surface area contributed by atoms with Gasteiger partial charge in [0.1, 0.15) is 36.4 Å². The maximum Gasteiger partial charge on any atom is 0.138 e. The summed E-state index contributed by atoms with van der Waals surface area (Å²) in [6.07, 6.45) is 2.95. The van der Waals surface area contributed by atoms with Crippen LogP contribution < -0.4 is 14.8 Å². The molecule has 0 aliphatic carbocycles. The Labute approximate surface area is 135 Å². The predicted molar refractivity (Wildman–Crippen MR) is 84.6 cm³/mol. The third kappa shape index (κ3) is 4.20. The molecule has 23 heavy (non-hydrogen) atoms. The number of nitrogens with one attached hydrogen (secondary N) is 1. The second kappa shape index (κ2) is 7.43. The van der Waals surface area contributed by atoms with Crippen molar-refractivity contribution < 1.29 is 14.6 Å². The number of rotatable bonds is 7. The third-order valence-electron chi connectivity index (χ3n) is 3.95. The molecule has 7 nitrogen and oxygen atoms in total. The van der Waals surface area contributed by atoms with Crippen LogP contribution in [0.5, 0.6) is 11.5 Å². The Morgan fingerprint density at radius 2 is 2.13 bits per heavy atom. The minimum Gasteiger partial charge on any atom is -0.497 e. The predicted octanol–water partition coefficient (Wildman–Crippen LogP) is 0.631. The Morgan fingerprint density at radius 3 is 2.91 bits per heavy atom. The average molecular weight is 318 g/mol. The van der Waals surface area contributed by atoms with E-state index in [-0.39, 0.29) is 6.61 Å². The summed E-state index contributed by atoms with van der Waals surface area (Å²) in [7, 11) is 1.62. The van der Waals surface area contributed by atoms with Crippen molar-refractivity contribution in [2.75, 3.05) is 20.3 Å². The number of hydrogen-bond acceptors (Lipinski definition) is 6. The monoisotopic (exact) mass is 318 g/mol. The van der Waals surface area contributed by atoms with Gasteiger partial charge in [-0.3, -0.25) is 0 Å². The molecule has 0 saturated carbocycles. The van der Waals surface area contributed by atoms with Gasteiger partial charge in [-0.25, -0.2) is 9.67 Å². The first-order valence-electron chi connectivity index (χ1n) is 7.79. The van der Waals surface area contributed by atoms with Crippen molar-refractivity contribution in [2.45, 2.75) is 31.5 Å². The quantitative estimate of drug-likeness (QED) is 0.779. The number of methoxy groups -OCH3 is 1. The van der Waals surface area contributed by atoms with Gasteiger partial charge in [-0.05, 0) is 30.7 Å². The largest absolute Gasteiger partial charge is 0.497 e. The van der Waals surface area contributed by atoms with E-state index in [1.165, 1.54) is 0 Å². The Balaban J connectivity index is 1.39. The highest BCUT2D eigenvalue weighted by molar-refractivity contribution is 5.31. The van der Waals surface area contributed by atoms with E-state index in [2.05, 4.69) is 15.4 Å². The van der Waals surface area contributed by atoms with Gasteiger partial charge in [0.15, 0.2) is 0 Å². The summed E-state index contributed by atoms with van der Waals surface area (Å²) in [6, 6.07) is 7.62. The first kappa shape index (κ1) is 15.8. The second-order valence-corrected chi connectivity index (χ2v) is 5.64. The first-order valence-corrected chi connectivity index (χ1v) is 7.79. The van der Waals surface area contributed by atoms with Gasteiger partial charge in [-0.1, -0.05) is 0 Å². The van der Waals surface area contributed by atoms with Crippen LogP contribution in [0.2, 0.25) is 0 Å². The molecule has 1 aromatic heterocycles. The second-order valence-electron chi connectivity index (χ2n) is 5.64. The third-order valence-corrected chi connectivity index (χ3v) is 3.95. The number of nitrogens with zero attached hydrogens (tertiary/aromatic N) is 3. The van der Waals surface area contributed by atoms with Crippen molar-refractivity contribution in [2.24, 2.45) is 0 Å². The van der Waals surface area contributed by atoms with Gasteiger partial charge in [0.25, 0.3) is 0 Å². The molecule has 0 amide bonds. The summed E-state index contributed by atoms with van der Waals surface area (Å²) in [5.74, 6) is 2.53. The molecule has 7 heteroatoms. The molecule has 0 spiro atoms. The molecular weight excluding hydrogens is 296 g/mol. The highest BCUT2D eigenvalue weighted by Gasteiger charge is 2.20. The molecule has 1 aliphatic heterocycles. The van der Waals surface area contributed by atoms with E-state index in [4.69, 9.17) is 9.47 Å². The van der Waals surface area contributed by atoms with E-state index in [1.54, 1.807) is 13.4 Å². The SMILES string of the molecule is COc1ccc(OCC(O)CNC2CCc3ncnn3C2)cc1. The molecule has 2 N–H and O–H groups in total. The smallest absolute Gasteiger partial charge is 0.138 e. The summed E-state index contributed by atoms with van der Waals surface area (Å²) in [4.78, 5) is 4.21. The number of aromatic nitrogens is 3. The van der Waals surface area contributed by atoms with Crippen LogP contribution in [0.15, 0.2) is 30.6 Å². The van der Waals surface area contributed by atoms with E-state index in [0.717, 1.165) is 36.7 Å². The minimum atomic E-state index is -0.561. The van der Waals surface area contributed by atoms with Crippen LogP contribution in [0.1, 0.15) is 12.2 Å². The van der Waals surface area contributed by atoms with E-state index < -0.39 is 6.10 Å².